The number of aryl methyl sites for hydroxylation is 2. The molecule has 0 aliphatic rings. The van der Waals surface area contributed by atoms with Gasteiger partial charge in [-0.1, -0.05) is 23.8 Å². The van der Waals surface area contributed by atoms with Gasteiger partial charge in [0.1, 0.15) is 0 Å². The Morgan fingerprint density at radius 2 is 1.94 bits per heavy atom. The molecule has 0 amide bonds. The summed E-state index contributed by atoms with van der Waals surface area (Å²) in [4.78, 5) is 0. The van der Waals surface area contributed by atoms with Crippen LogP contribution < -0.4 is 5.32 Å². The average molecular weight is 251 g/mol. The van der Waals surface area contributed by atoms with Crippen molar-refractivity contribution < 1.29 is 9.47 Å². The van der Waals surface area contributed by atoms with Gasteiger partial charge in [0.25, 0.3) is 0 Å². The summed E-state index contributed by atoms with van der Waals surface area (Å²) in [7, 11) is 1.68. The molecule has 1 aromatic rings. The quantitative estimate of drug-likeness (QED) is 0.720. The second-order valence-corrected chi connectivity index (χ2v) is 4.64. The van der Waals surface area contributed by atoms with Gasteiger partial charge in [-0.25, -0.2) is 0 Å². The lowest BCUT2D eigenvalue weighted by atomic mass is 10.0. The van der Waals surface area contributed by atoms with Crippen LogP contribution >= 0.6 is 0 Å². The van der Waals surface area contributed by atoms with Gasteiger partial charge in [-0.15, -0.1) is 0 Å². The smallest absolute Gasteiger partial charge is 0.0700 e. The first-order valence-electron chi connectivity index (χ1n) is 6.52. The number of hydrogen-bond donors (Lipinski definition) is 1. The third-order valence-corrected chi connectivity index (χ3v) is 3.02. The number of nitrogens with one attached hydrogen (secondary N) is 1. The third-order valence-electron chi connectivity index (χ3n) is 3.02. The zero-order valence-corrected chi connectivity index (χ0v) is 12.0. The van der Waals surface area contributed by atoms with E-state index in [1.165, 1.54) is 16.7 Å². The number of benzene rings is 1. The van der Waals surface area contributed by atoms with Gasteiger partial charge >= 0.3 is 0 Å². The van der Waals surface area contributed by atoms with E-state index in [-0.39, 0.29) is 0 Å². The zero-order valence-electron chi connectivity index (χ0n) is 12.0. The van der Waals surface area contributed by atoms with Gasteiger partial charge in [0, 0.05) is 19.7 Å². The van der Waals surface area contributed by atoms with Gasteiger partial charge in [0.2, 0.25) is 0 Å². The highest BCUT2D eigenvalue weighted by molar-refractivity contribution is 5.32. The standard InChI is InChI=1S/C15H25NO2/c1-12-5-6-15(13(2)11-12)14(3)16-7-8-18-10-9-17-4/h5-6,11,14,16H,7-10H2,1-4H3. The molecular weight excluding hydrogens is 226 g/mol. The second kappa shape index (κ2) is 8.25. The molecule has 0 saturated heterocycles. The predicted molar refractivity (Wildman–Crippen MR) is 75.0 cm³/mol. The molecule has 1 aromatic carbocycles. The maximum atomic E-state index is 5.42. The molecular formula is C15H25NO2. The Morgan fingerprint density at radius 1 is 1.17 bits per heavy atom. The first-order chi connectivity index (χ1) is 8.65. The number of rotatable bonds is 8. The summed E-state index contributed by atoms with van der Waals surface area (Å²) in [5.41, 5.74) is 4.01. The normalized spacial score (nSPS) is 12.7. The molecule has 1 atom stereocenters. The van der Waals surface area contributed by atoms with Crippen LogP contribution in [0.25, 0.3) is 0 Å². The van der Waals surface area contributed by atoms with Gasteiger partial charge in [0.15, 0.2) is 0 Å². The van der Waals surface area contributed by atoms with Crippen LogP contribution in [0.3, 0.4) is 0 Å². The van der Waals surface area contributed by atoms with Gasteiger partial charge in [-0.3, -0.25) is 0 Å². The van der Waals surface area contributed by atoms with Crippen LogP contribution in [0, 0.1) is 13.8 Å². The van der Waals surface area contributed by atoms with E-state index in [0.29, 0.717) is 19.3 Å². The fourth-order valence-corrected chi connectivity index (χ4v) is 2.01. The van der Waals surface area contributed by atoms with Gasteiger partial charge < -0.3 is 14.8 Å². The molecule has 0 heterocycles. The van der Waals surface area contributed by atoms with Gasteiger partial charge in [-0.05, 0) is 31.9 Å². The molecule has 0 saturated carbocycles. The van der Waals surface area contributed by atoms with E-state index in [1.807, 2.05) is 0 Å². The molecule has 18 heavy (non-hydrogen) atoms. The molecule has 3 heteroatoms. The number of ether oxygens (including phenoxy) is 2. The Balaban J connectivity index is 2.29. The molecule has 1 rings (SSSR count). The van der Waals surface area contributed by atoms with Crippen LogP contribution in [0.1, 0.15) is 29.7 Å². The lowest BCUT2D eigenvalue weighted by Gasteiger charge is -2.17. The topological polar surface area (TPSA) is 30.5 Å². The van der Waals surface area contributed by atoms with Crippen LogP contribution in [-0.4, -0.2) is 33.5 Å². The zero-order chi connectivity index (χ0) is 13.4. The van der Waals surface area contributed by atoms with E-state index in [4.69, 9.17) is 9.47 Å². The van der Waals surface area contributed by atoms with Crippen LogP contribution in [0.4, 0.5) is 0 Å². The molecule has 0 fully saturated rings. The Bertz CT molecular complexity index is 352. The van der Waals surface area contributed by atoms with Crippen molar-refractivity contribution in [1.82, 2.24) is 5.32 Å². The largest absolute Gasteiger partial charge is 0.382 e. The molecule has 1 N–H and O–H groups in total. The van der Waals surface area contributed by atoms with Crippen molar-refractivity contribution in [3.8, 4) is 0 Å². The lowest BCUT2D eigenvalue weighted by molar-refractivity contribution is 0.0712. The van der Waals surface area contributed by atoms with Crippen molar-refractivity contribution in [2.24, 2.45) is 0 Å². The van der Waals surface area contributed by atoms with Crippen LogP contribution in [-0.2, 0) is 9.47 Å². The first-order valence-corrected chi connectivity index (χ1v) is 6.52. The fourth-order valence-electron chi connectivity index (χ4n) is 2.01. The summed E-state index contributed by atoms with van der Waals surface area (Å²) in [5, 5.41) is 3.47. The SMILES string of the molecule is COCCOCCNC(C)c1ccc(C)cc1C. The van der Waals surface area contributed by atoms with Gasteiger partial charge in [0.05, 0.1) is 19.8 Å². The molecule has 3 nitrogen and oxygen atoms in total. The summed E-state index contributed by atoms with van der Waals surface area (Å²) in [6.45, 7) is 9.38. The minimum atomic E-state index is 0.358. The molecule has 0 radical (unpaired) electrons. The highest BCUT2D eigenvalue weighted by Crippen LogP contribution is 2.18. The van der Waals surface area contributed by atoms with E-state index >= 15 is 0 Å². The molecule has 0 aliphatic carbocycles. The Hall–Kier alpha value is -0.900. The summed E-state index contributed by atoms with van der Waals surface area (Å²) in [6, 6.07) is 6.95. The molecule has 0 aromatic heterocycles. The first kappa shape index (κ1) is 15.2. The maximum absolute atomic E-state index is 5.42. The molecule has 0 aliphatic heterocycles. The fraction of sp³-hybridized carbons (Fsp3) is 0.600. The van der Waals surface area contributed by atoms with E-state index in [0.717, 1.165) is 13.2 Å². The third kappa shape index (κ3) is 5.17. The monoisotopic (exact) mass is 251 g/mol. The highest BCUT2D eigenvalue weighted by Gasteiger charge is 2.07. The summed E-state index contributed by atoms with van der Waals surface area (Å²) in [5.74, 6) is 0. The average Bonchev–Trinajstić information content (AvgIpc) is 2.33. The maximum Gasteiger partial charge on any atom is 0.0700 e. The van der Waals surface area contributed by atoms with Crippen LogP contribution in [0.5, 0.6) is 0 Å². The predicted octanol–water partition coefficient (Wildman–Crippen LogP) is 2.62. The molecule has 0 spiro atoms. The minimum absolute atomic E-state index is 0.358. The summed E-state index contributed by atoms with van der Waals surface area (Å²) < 4.78 is 10.3. The van der Waals surface area contributed by atoms with Crippen molar-refractivity contribution in [2.45, 2.75) is 26.8 Å². The van der Waals surface area contributed by atoms with E-state index in [1.54, 1.807) is 7.11 Å². The van der Waals surface area contributed by atoms with Crippen LogP contribution in [0.15, 0.2) is 18.2 Å². The Labute approximate surface area is 110 Å². The van der Waals surface area contributed by atoms with Crippen molar-refractivity contribution in [1.29, 1.82) is 0 Å². The molecule has 102 valence electrons. The van der Waals surface area contributed by atoms with E-state index in [9.17, 15) is 0 Å². The lowest BCUT2D eigenvalue weighted by Crippen LogP contribution is -2.24. The van der Waals surface area contributed by atoms with Crippen molar-refractivity contribution in [3.05, 3.63) is 34.9 Å². The minimum Gasteiger partial charge on any atom is -0.382 e. The number of hydrogen-bond acceptors (Lipinski definition) is 3. The Morgan fingerprint density at radius 3 is 2.61 bits per heavy atom. The summed E-state index contributed by atoms with van der Waals surface area (Å²) in [6.07, 6.45) is 0. The van der Waals surface area contributed by atoms with E-state index < -0.39 is 0 Å². The molecule has 0 bridgehead atoms. The highest BCUT2D eigenvalue weighted by atomic mass is 16.5. The van der Waals surface area contributed by atoms with Crippen molar-refractivity contribution in [3.63, 3.8) is 0 Å². The van der Waals surface area contributed by atoms with Gasteiger partial charge in [-0.2, -0.15) is 0 Å². The van der Waals surface area contributed by atoms with Crippen molar-refractivity contribution in [2.75, 3.05) is 33.5 Å². The second-order valence-electron chi connectivity index (χ2n) is 4.64. The molecule has 1 unspecified atom stereocenters. The van der Waals surface area contributed by atoms with E-state index in [2.05, 4.69) is 44.3 Å². The summed E-state index contributed by atoms with van der Waals surface area (Å²) >= 11 is 0. The number of methoxy groups -OCH3 is 1. The Kier molecular flexibility index (Phi) is 6.94. The van der Waals surface area contributed by atoms with Crippen LogP contribution in [0.2, 0.25) is 0 Å². The van der Waals surface area contributed by atoms with Crippen molar-refractivity contribution >= 4 is 0 Å².